The standard InChI is InChI=1S/C10H20N2O3S/c1-3-7(10(14)15)6-12-9(13)8(11)4-5-16-2/h7-8H,3-6,11H2,1-2H3,(H,12,13)(H,14,15)/t7?,8-/m1/s1. The normalized spacial score (nSPS) is 14.2. The van der Waals surface area contributed by atoms with Gasteiger partial charge in [-0.15, -0.1) is 0 Å². The number of rotatable bonds is 8. The third-order valence-corrected chi connectivity index (χ3v) is 2.98. The zero-order valence-electron chi connectivity index (χ0n) is 9.73. The molecule has 1 amide bonds. The zero-order chi connectivity index (χ0) is 12.6. The molecule has 0 aliphatic carbocycles. The predicted octanol–water partition coefficient (Wildman–Crippen LogP) is 0.294. The minimum absolute atomic E-state index is 0.150. The molecule has 0 saturated carbocycles. The number of nitrogens with one attached hydrogen (secondary N) is 1. The first-order valence-corrected chi connectivity index (χ1v) is 6.67. The molecule has 0 aliphatic rings. The number of aliphatic carboxylic acids is 1. The molecule has 5 nitrogen and oxygen atoms in total. The van der Waals surface area contributed by atoms with Crippen molar-refractivity contribution in [3.63, 3.8) is 0 Å². The van der Waals surface area contributed by atoms with Crippen LogP contribution >= 0.6 is 11.8 Å². The van der Waals surface area contributed by atoms with E-state index in [0.717, 1.165) is 5.75 Å². The fraction of sp³-hybridized carbons (Fsp3) is 0.800. The average molecular weight is 248 g/mol. The Morgan fingerprint density at radius 1 is 1.50 bits per heavy atom. The molecule has 0 aliphatic heterocycles. The second-order valence-electron chi connectivity index (χ2n) is 3.58. The summed E-state index contributed by atoms with van der Waals surface area (Å²) in [5, 5.41) is 11.3. The lowest BCUT2D eigenvalue weighted by molar-refractivity contribution is -0.141. The molecule has 0 aromatic rings. The number of carboxylic acids is 1. The molecule has 0 aromatic carbocycles. The first kappa shape index (κ1) is 15.2. The van der Waals surface area contributed by atoms with Gasteiger partial charge in [0.05, 0.1) is 12.0 Å². The molecule has 2 atom stereocenters. The second-order valence-corrected chi connectivity index (χ2v) is 4.56. The molecule has 0 aromatic heterocycles. The first-order valence-electron chi connectivity index (χ1n) is 5.27. The van der Waals surface area contributed by atoms with Gasteiger partial charge in [-0.3, -0.25) is 9.59 Å². The maximum absolute atomic E-state index is 11.5. The van der Waals surface area contributed by atoms with E-state index in [4.69, 9.17) is 10.8 Å². The number of hydrogen-bond acceptors (Lipinski definition) is 4. The summed E-state index contributed by atoms with van der Waals surface area (Å²) in [7, 11) is 0. The summed E-state index contributed by atoms with van der Waals surface area (Å²) in [6.45, 7) is 1.93. The molecule has 94 valence electrons. The highest BCUT2D eigenvalue weighted by molar-refractivity contribution is 7.98. The van der Waals surface area contributed by atoms with Gasteiger partial charge < -0.3 is 16.2 Å². The molecular weight excluding hydrogens is 228 g/mol. The molecule has 6 heteroatoms. The summed E-state index contributed by atoms with van der Waals surface area (Å²) in [5.74, 6) is -0.865. The van der Waals surface area contributed by atoms with E-state index in [2.05, 4.69) is 5.32 Å². The summed E-state index contributed by atoms with van der Waals surface area (Å²) in [5.41, 5.74) is 5.63. The van der Waals surface area contributed by atoms with Crippen molar-refractivity contribution in [2.45, 2.75) is 25.8 Å². The van der Waals surface area contributed by atoms with Gasteiger partial charge in [0.15, 0.2) is 0 Å². The molecule has 0 heterocycles. The van der Waals surface area contributed by atoms with Crippen molar-refractivity contribution >= 4 is 23.6 Å². The van der Waals surface area contributed by atoms with Crippen molar-refractivity contribution in [1.82, 2.24) is 5.32 Å². The maximum Gasteiger partial charge on any atom is 0.308 e. The van der Waals surface area contributed by atoms with Crippen molar-refractivity contribution < 1.29 is 14.7 Å². The van der Waals surface area contributed by atoms with E-state index in [0.29, 0.717) is 12.8 Å². The topological polar surface area (TPSA) is 92.4 Å². The lowest BCUT2D eigenvalue weighted by atomic mass is 10.1. The number of thioether (sulfide) groups is 1. The van der Waals surface area contributed by atoms with E-state index in [1.807, 2.05) is 6.26 Å². The lowest BCUT2D eigenvalue weighted by Gasteiger charge is -2.14. The summed E-state index contributed by atoms with van der Waals surface area (Å²) in [6, 6.07) is -0.543. The Morgan fingerprint density at radius 3 is 2.56 bits per heavy atom. The third-order valence-electron chi connectivity index (χ3n) is 2.33. The molecule has 0 spiro atoms. The second kappa shape index (κ2) is 8.41. The van der Waals surface area contributed by atoms with Crippen LogP contribution in [0.25, 0.3) is 0 Å². The van der Waals surface area contributed by atoms with Crippen LogP contribution < -0.4 is 11.1 Å². The van der Waals surface area contributed by atoms with Crippen molar-refractivity contribution in [3.8, 4) is 0 Å². The van der Waals surface area contributed by atoms with Crippen LogP contribution in [0.3, 0.4) is 0 Å². The predicted molar refractivity (Wildman–Crippen MR) is 65.4 cm³/mol. The summed E-state index contributed by atoms with van der Waals surface area (Å²) in [6.07, 6.45) is 3.05. The third kappa shape index (κ3) is 5.97. The van der Waals surface area contributed by atoms with Crippen LogP contribution in [-0.4, -0.2) is 41.6 Å². The van der Waals surface area contributed by atoms with Gasteiger partial charge in [-0.2, -0.15) is 11.8 Å². The fourth-order valence-electron chi connectivity index (χ4n) is 1.14. The van der Waals surface area contributed by atoms with E-state index >= 15 is 0 Å². The molecule has 16 heavy (non-hydrogen) atoms. The van der Waals surface area contributed by atoms with E-state index in [9.17, 15) is 9.59 Å². The van der Waals surface area contributed by atoms with Crippen molar-refractivity contribution in [3.05, 3.63) is 0 Å². The van der Waals surface area contributed by atoms with Crippen LogP contribution in [0.2, 0.25) is 0 Å². The van der Waals surface area contributed by atoms with Gasteiger partial charge in [-0.25, -0.2) is 0 Å². The number of amides is 1. The molecule has 1 unspecified atom stereocenters. The maximum atomic E-state index is 11.5. The zero-order valence-corrected chi connectivity index (χ0v) is 10.5. The first-order chi connectivity index (χ1) is 7.52. The van der Waals surface area contributed by atoms with E-state index in [1.165, 1.54) is 0 Å². The van der Waals surface area contributed by atoms with Gasteiger partial charge in [-0.1, -0.05) is 6.92 Å². The van der Waals surface area contributed by atoms with Crippen molar-refractivity contribution in [2.24, 2.45) is 11.7 Å². The SMILES string of the molecule is CCC(CNC(=O)[C@H](N)CCSC)C(=O)O. The smallest absolute Gasteiger partial charge is 0.308 e. The Hall–Kier alpha value is -0.750. The number of carbonyl (C=O) groups excluding carboxylic acids is 1. The van der Waals surface area contributed by atoms with Crippen LogP contribution in [0.15, 0.2) is 0 Å². The quantitative estimate of drug-likeness (QED) is 0.574. The largest absolute Gasteiger partial charge is 0.481 e. The summed E-state index contributed by atoms with van der Waals surface area (Å²) >= 11 is 1.63. The van der Waals surface area contributed by atoms with Gasteiger partial charge in [0.2, 0.25) is 5.91 Å². The minimum Gasteiger partial charge on any atom is -0.481 e. The molecule has 0 rings (SSSR count). The molecular formula is C10H20N2O3S. The van der Waals surface area contributed by atoms with Gasteiger partial charge >= 0.3 is 5.97 Å². The highest BCUT2D eigenvalue weighted by atomic mass is 32.2. The van der Waals surface area contributed by atoms with Gasteiger partial charge in [0.1, 0.15) is 0 Å². The average Bonchev–Trinajstić information content (AvgIpc) is 2.25. The Labute approximate surface area is 100 Å². The van der Waals surface area contributed by atoms with Crippen molar-refractivity contribution in [2.75, 3.05) is 18.6 Å². The molecule has 0 radical (unpaired) electrons. The van der Waals surface area contributed by atoms with Crippen molar-refractivity contribution in [1.29, 1.82) is 0 Å². The van der Waals surface area contributed by atoms with Crippen LogP contribution in [0.1, 0.15) is 19.8 Å². The highest BCUT2D eigenvalue weighted by Gasteiger charge is 2.18. The van der Waals surface area contributed by atoms with E-state index in [-0.39, 0.29) is 12.5 Å². The molecule has 0 saturated heterocycles. The number of nitrogens with two attached hydrogens (primary N) is 1. The van der Waals surface area contributed by atoms with Gasteiger partial charge in [0.25, 0.3) is 0 Å². The Kier molecular flexibility index (Phi) is 8.01. The summed E-state index contributed by atoms with van der Waals surface area (Å²) in [4.78, 5) is 22.2. The van der Waals surface area contributed by atoms with E-state index < -0.39 is 17.9 Å². The van der Waals surface area contributed by atoms with Crippen LogP contribution in [0.5, 0.6) is 0 Å². The monoisotopic (exact) mass is 248 g/mol. The molecule has 4 N–H and O–H groups in total. The fourth-order valence-corrected chi connectivity index (χ4v) is 1.63. The number of carboxylic acid groups (broad SMARTS) is 1. The molecule has 0 bridgehead atoms. The van der Waals surface area contributed by atoms with Crippen LogP contribution in [0, 0.1) is 5.92 Å². The Balaban J connectivity index is 3.91. The van der Waals surface area contributed by atoms with Gasteiger partial charge in [0, 0.05) is 6.54 Å². The lowest BCUT2D eigenvalue weighted by Crippen LogP contribution is -2.43. The van der Waals surface area contributed by atoms with Crippen LogP contribution in [0.4, 0.5) is 0 Å². The highest BCUT2D eigenvalue weighted by Crippen LogP contribution is 2.02. The van der Waals surface area contributed by atoms with Gasteiger partial charge in [-0.05, 0) is 24.9 Å². The summed E-state index contributed by atoms with van der Waals surface area (Å²) < 4.78 is 0. The van der Waals surface area contributed by atoms with E-state index in [1.54, 1.807) is 18.7 Å². The van der Waals surface area contributed by atoms with Crippen LogP contribution in [-0.2, 0) is 9.59 Å². The number of carbonyl (C=O) groups is 2. The number of hydrogen-bond donors (Lipinski definition) is 3. The minimum atomic E-state index is -0.888. The molecule has 0 fully saturated rings. The Morgan fingerprint density at radius 2 is 2.12 bits per heavy atom. The Bertz CT molecular complexity index is 236.